The first-order valence-electron chi connectivity index (χ1n) is 14.2. The lowest BCUT2D eigenvalue weighted by atomic mass is 9.80. The normalized spacial score (nSPS) is 23.9. The van der Waals surface area contributed by atoms with E-state index in [2.05, 4.69) is 51.2 Å². The highest BCUT2D eigenvalue weighted by Gasteiger charge is 2.41. The highest BCUT2D eigenvalue weighted by molar-refractivity contribution is 7.17. The Hall–Kier alpha value is -2.25. The number of amides is 1. The average molecular weight is 539 g/mol. The Morgan fingerprint density at radius 1 is 1.13 bits per heavy atom. The zero-order valence-electron chi connectivity index (χ0n) is 23.4. The Balaban J connectivity index is 1.54. The summed E-state index contributed by atoms with van der Waals surface area (Å²) in [6.07, 6.45) is 9.09. The number of hydrogen-bond acceptors (Lipinski definition) is 5. The number of nitrogens with one attached hydrogen (secondary N) is 1. The molecule has 3 fully saturated rings. The van der Waals surface area contributed by atoms with Gasteiger partial charge in [0.1, 0.15) is 6.10 Å². The number of thiazole rings is 1. The Morgan fingerprint density at radius 3 is 2.39 bits per heavy atom. The fraction of sp³-hybridized carbons (Fsp3) is 0.645. The molecular formula is C31H42N2O4S. The van der Waals surface area contributed by atoms with Gasteiger partial charge < -0.3 is 15.2 Å². The van der Waals surface area contributed by atoms with E-state index in [1.807, 2.05) is 0 Å². The lowest BCUT2D eigenvalue weighted by Crippen LogP contribution is -2.46. The molecule has 0 radical (unpaired) electrons. The second-order valence-corrected chi connectivity index (χ2v) is 14.1. The second kappa shape index (κ2) is 10.4. The van der Waals surface area contributed by atoms with E-state index in [1.165, 1.54) is 54.6 Å². The summed E-state index contributed by atoms with van der Waals surface area (Å²) < 4.78 is 6.14. The molecule has 1 unspecified atom stereocenters. The number of carboxylic acid groups (broad SMARTS) is 1. The third kappa shape index (κ3) is 5.55. The number of carboxylic acids is 1. The standard InChI is InChI=1S/C31H42N2O4S/c1-30(2,3)21-13-19(14-22(17-21)31(4)11-12-31)26-24(25(37-5)18-9-7-6-8-10-18)33-28(38-26)27(34)32-23-15-20(16-23)29(35)36/h13-14,17-18,20,23,25H,6-12,15-16H2,1-5H3,(H,32,34)(H,35,36)/t20-,23-,25?. The first-order valence-corrected chi connectivity index (χ1v) is 15.0. The molecule has 3 aliphatic rings. The monoisotopic (exact) mass is 538 g/mol. The summed E-state index contributed by atoms with van der Waals surface area (Å²) in [4.78, 5) is 30.5. The molecule has 206 valence electrons. The van der Waals surface area contributed by atoms with E-state index >= 15 is 0 Å². The van der Waals surface area contributed by atoms with E-state index in [0.29, 0.717) is 23.8 Å². The molecule has 0 bridgehead atoms. The van der Waals surface area contributed by atoms with Crippen molar-refractivity contribution in [1.82, 2.24) is 10.3 Å². The molecule has 1 atom stereocenters. The van der Waals surface area contributed by atoms with Crippen LogP contribution in [0.15, 0.2) is 18.2 Å². The first kappa shape index (κ1) is 27.3. The number of nitrogens with zero attached hydrogens (tertiary/aromatic N) is 1. The van der Waals surface area contributed by atoms with Crippen LogP contribution in [0.4, 0.5) is 0 Å². The summed E-state index contributed by atoms with van der Waals surface area (Å²) in [5.41, 5.74) is 4.88. The smallest absolute Gasteiger partial charge is 0.306 e. The molecule has 1 heterocycles. The van der Waals surface area contributed by atoms with E-state index in [9.17, 15) is 14.7 Å². The van der Waals surface area contributed by atoms with Gasteiger partial charge in [0.15, 0.2) is 5.01 Å². The molecule has 1 amide bonds. The van der Waals surface area contributed by atoms with Crippen LogP contribution in [0.5, 0.6) is 0 Å². The number of rotatable bonds is 8. The minimum atomic E-state index is -0.788. The molecule has 1 aromatic heterocycles. The number of methoxy groups -OCH3 is 1. The number of aliphatic carboxylic acids is 1. The van der Waals surface area contributed by atoms with Crippen molar-refractivity contribution in [3.05, 3.63) is 40.0 Å². The van der Waals surface area contributed by atoms with Crippen molar-refractivity contribution in [2.45, 2.75) is 108 Å². The van der Waals surface area contributed by atoms with Crippen LogP contribution in [0.25, 0.3) is 10.4 Å². The highest BCUT2D eigenvalue weighted by Crippen LogP contribution is 2.50. The van der Waals surface area contributed by atoms with Crippen molar-refractivity contribution in [1.29, 1.82) is 0 Å². The molecular weight excluding hydrogens is 496 g/mol. The number of hydrogen-bond donors (Lipinski definition) is 2. The summed E-state index contributed by atoms with van der Waals surface area (Å²) >= 11 is 1.45. The van der Waals surface area contributed by atoms with Crippen molar-refractivity contribution in [2.24, 2.45) is 11.8 Å². The molecule has 38 heavy (non-hydrogen) atoms. The largest absolute Gasteiger partial charge is 0.481 e. The van der Waals surface area contributed by atoms with Crippen LogP contribution in [-0.4, -0.2) is 35.1 Å². The highest BCUT2D eigenvalue weighted by atomic mass is 32.1. The first-order chi connectivity index (χ1) is 18.0. The summed E-state index contributed by atoms with van der Waals surface area (Å²) in [5.74, 6) is -0.978. The third-order valence-corrected chi connectivity index (χ3v) is 10.1. The van der Waals surface area contributed by atoms with Gasteiger partial charge in [-0.05, 0) is 84.1 Å². The second-order valence-electron chi connectivity index (χ2n) is 13.1. The van der Waals surface area contributed by atoms with E-state index in [-0.39, 0.29) is 34.8 Å². The van der Waals surface area contributed by atoms with Gasteiger partial charge in [0.05, 0.1) is 16.5 Å². The van der Waals surface area contributed by atoms with Crippen molar-refractivity contribution in [2.75, 3.05) is 7.11 Å². The SMILES string of the molecule is COC(c1nc(C(=O)N[C@H]2C[C@H](C(=O)O)C2)sc1-c1cc(C(C)(C)C)cc(C2(C)CC2)c1)C1CCCCC1. The average Bonchev–Trinajstić information content (AvgIpc) is 3.46. The molecule has 1 aromatic carbocycles. The van der Waals surface area contributed by atoms with Gasteiger partial charge in [0.2, 0.25) is 0 Å². The summed E-state index contributed by atoms with van der Waals surface area (Å²) in [6.45, 7) is 9.09. The third-order valence-electron chi connectivity index (χ3n) is 9.03. The van der Waals surface area contributed by atoms with Gasteiger partial charge in [0.25, 0.3) is 5.91 Å². The van der Waals surface area contributed by atoms with Crippen molar-refractivity contribution < 1.29 is 19.4 Å². The molecule has 7 heteroatoms. The zero-order valence-corrected chi connectivity index (χ0v) is 24.2. The van der Waals surface area contributed by atoms with E-state index < -0.39 is 5.97 Å². The molecule has 3 saturated carbocycles. The van der Waals surface area contributed by atoms with Crippen LogP contribution >= 0.6 is 11.3 Å². The van der Waals surface area contributed by atoms with Crippen molar-refractivity contribution in [3.63, 3.8) is 0 Å². The van der Waals surface area contributed by atoms with Gasteiger partial charge >= 0.3 is 5.97 Å². The fourth-order valence-corrected chi connectivity index (χ4v) is 6.98. The topological polar surface area (TPSA) is 88.5 Å². The number of aromatic nitrogens is 1. The van der Waals surface area contributed by atoms with Gasteiger partial charge in [0, 0.05) is 13.2 Å². The Labute approximate surface area is 230 Å². The van der Waals surface area contributed by atoms with Crippen molar-refractivity contribution in [3.8, 4) is 10.4 Å². The van der Waals surface area contributed by atoms with Gasteiger partial charge in [-0.2, -0.15) is 0 Å². The maximum absolute atomic E-state index is 13.3. The number of carbonyl (C=O) groups is 2. The quantitative estimate of drug-likeness (QED) is 0.377. The molecule has 2 N–H and O–H groups in total. The van der Waals surface area contributed by atoms with Crippen LogP contribution in [0.1, 0.15) is 118 Å². The molecule has 2 aromatic rings. The molecule has 6 nitrogen and oxygen atoms in total. The summed E-state index contributed by atoms with van der Waals surface area (Å²) in [6, 6.07) is 6.86. The number of benzene rings is 1. The van der Waals surface area contributed by atoms with Crippen LogP contribution < -0.4 is 5.32 Å². The molecule has 0 saturated heterocycles. The molecule has 5 rings (SSSR count). The van der Waals surface area contributed by atoms with E-state index in [1.54, 1.807) is 7.11 Å². The molecule has 0 aliphatic heterocycles. The van der Waals surface area contributed by atoms with Gasteiger partial charge in [-0.25, -0.2) is 4.98 Å². The summed E-state index contributed by atoms with van der Waals surface area (Å²) in [5, 5.41) is 12.7. The van der Waals surface area contributed by atoms with Crippen LogP contribution in [0.3, 0.4) is 0 Å². The van der Waals surface area contributed by atoms with Gasteiger partial charge in [-0.3, -0.25) is 9.59 Å². The van der Waals surface area contributed by atoms with Crippen LogP contribution in [-0.2, 0) is 20.4 Å². The Morgan fingerprint density at radius 2 is 1.82 bits per heavy atom. The van der Waals surface area contributed by atoms with Gasteiger partial charge in [-0.1, -0.05) is 53.0 Å². The number of ether oxygens (including phenoxy) is 1. The predicted octanol–water partition coefficient (Wildman–Crippen LogP) is 7.02. The van der Waals surface area contributed by atoms with Crippen molar-refractivity contribution >= 4 is 23.2 Å². The van der Waals surface area contributed by atoms with Crippen LogP contribution in [0, 0.1) is 11.8 Å². The Kier molecular flexibility index (Phi) is 7.46. The maximum atomic E-state index is 13.3. The lowest BCUT2D eigenvalue weighted by Gasteiger charge is -2.32. The minimum Gasteiger partial charge on any atom is -0.481 e. The van der Waals surface area contributed by atoms with E-state index in [0.717, 1.165) is 29.0 Å². The molecule has 0 spiro atoms. The maximum Gasteiger partial charge on any atom is 0.306 e. The summed E-state index contributed by atoms with van der Waals surface area (Å²) in [7, 11) is 1.77. The fourth-order valence-electron chi connectivity index (χ4n) is 5.99. The predicted molar refractivity (Wildman–Crippen MR) is 151 cm³/mol. The van der Waals surface area contributed by atoms with Gasteiger partial charge in [-0.15, -0.1) is 11.3 Å². The van der Waals surface area contributed by atoms with E-state index in [4.69, 9.17) is 9.72 Å². The Bertz CT molecular complexity index is 1170. The number of carbonyl (C=O) groups excluding carboxylic acids is 1. The minimum absolute atomic E-state index is 0.00397. The van der Waals surface area contributed by atoms with Crippen LogP contribution in [0.2, 0.25) is 0 Å². The lowest BCUT2D eigenvalue weighted by molar-refractivity contribution is -0.145. The zero-order chi connectivity index (χ0) is 27.2. The molecule has 3 aliphatic carbocycles.